The molecule has 3 rings (SSSR count). The molecule has 0 fully saturated rings. The summed E-state index contributed by atoms with van der Waals surface area (Å²) in [6.45, 7) is 2.51. The van der Waals surface area contributed by atoms with Crippen molar-refractivity contribution in [3.05, 3.63) is 60.3 Å². The van der Waals surface area contributed by atoms with Gasteiger partial charge in [0.25, 0.3) is 0 Å². The van der Waals surface area contributed by atoms with E-state index in [4.69, 9.17) is 9.47 Å². The van der Waals surface area contributed by atoms with Crippen LogP contribution in [-0.4, -0.2) is 17.9 Å². The third-order valence-corrected chi connectivity index (χ3v) is 3.43. The van der Waals surface area contributed by atoms with E-state index in [0.29, 0.717) is 24.7 Å². The molecule has 0 bridgehead atoms. The minimum absolute atomic E-state index is 0.437. The lowest BCUT2D eigenvalue weighted by molar-refractivity contribution is -0.107. The van der Waals surface area contributed by atoms with E-state index < -0.39 is 0 Å². The van der Waals surface area contributed by atoms with Crippen LogP contribution in [0.15, 0.2) is 54.7 Å². The van der Waals surface area contributed by atoms with E-state index in [9.17, 15) is 4.79 Å². The van der Waals surface area contributed by atoms with Crippen LogP contribution < -0.4 is 9.47 Å². The third kappa shape index (κ3) is 3.66. The first-order valence-electron chi connectivity index (χ1n) is 7.51. The Labute approximate surface area is 134 Å². The average Bonchev–Trinajstić information content (AvgIpc) is 2.57. The van der Waals surface area contributed by atoms with Gasteiger partial charge in [0.2, 0.25) is 5.88 Å². The SMILES string of the molecule is CCOc1ccc(Oc2ccc3cc(CC=O)ccc3c2)cn1. The van der Waals surface area contributed by atoms with E-state index in [-0.39, 0.29) is 0 Å². The second-order valence-corrected chi connectivity index (χ2v) is 5.08. The van der Waals surface area contributed by atoms with Gasteiger partial charge in [-0.2, -0.15) is 0 Å². The zero-order valence-electron chi connectivity index (χ0n) is 12.9. The van der Waals surface area contributed by atoms with Crippen LogP contribution >= 0.6 is 0 Å². The lowest BCUT2D eigenvalue weighted by atomic mass is 10.1. The predicted molar refractivity (Wildman–Crippen MR) is 89.2 cm³/mol. The molecule has 2 aromatic carbocycles. The van der Waals surface area contributed by atoms with Gasteiger partial charge >= 0.3 is 0 Å². The van der Waals surface area contributed by atoms with Gasteiger partial charge in [-0.15, -0.1) is 0 Å². The molecule has 0 saturated carbocycles. The lowest BCUT2D eigenvalue weighted by Crippen LogP contribution is -1.94. The van der Waals surface area contributed by atoms with E-state index >= 15 is 0 Å². The van der Waals surface area contributed by atoms with Crippen LogP contribution in [0.3, 0.4) is 0 Å². The van der Waals surface area contributed by atoms with E-state index in [1.807, 2.05) is 49.4 Å². The highest BCUT2D eigenvalue weighted by atomic mass is 16.5. The minimum atomic E-state index is 0.437. The van der Waals surface area contributed by atoms with Gasteiger partial charge in [0.15, 0.2) is 0 Å². The van der Waals surface area contributed by atoms with Crippen LogP contribution in [0.2, 0.25) is 0 Å². The quantitative estimate of drug-likeness (QED) is 0.641. The van der Waals surface area contributed by atoms with Gasteiger partial charge in [-0.1, -0.05) is 24.3 Å². The first-order chi connectivity index (χ1) is 11.3. The van der Waals surface area contributed by atoms with Crippen molar-refractivity contribution in [1.29, 1.82) is 0 Å². The number of ether oxygens (including phenoxy) is 2. The van der Waals surface area contributed by atoms with Gasteiger partial charge in [0.1, 0.15) is 17.8 Å². The Balaban J connectivity index is 1.80. The number of pyridine rings is 1. The van der Waals surface area contributed by atoms with Crippen molar-refractivity contribution >= 4 is 17.1 Å². The summed E-state index contributed by atoms with van der Waals surface area (Å²) in [5.41, 5.74) is 1.01. The normalized spacial score (nSPS) is 10.5. The maximum Gasteiger partial charge on any atom is 0.213 e. The molecular weight excluding hydrogens is 290 g/mol. The zero-order valence-corrected chi connectivity index (χ0v) is 12.9. The predicted octanol–water partition coefficient (Wildman–Crippen LogP) is 4.17. The number of benzene rings is 2. The summed E-state index contributed by atoms with van der Waals surface area (Å²) < 4.78 is 11.1. The highest BCUT2D eigenvalue weighted by Gasteiger charge is 2.02. The number of nitrogens with zero attached hydrogens (tertiary/aromatic N) is 1. The summed E-state index contributed by atoms with van der Waals surface area (Å²) in [6.07, 6.45) is 2.99. The average molecular weight is 307 g/mol. The van der Waals surface area contributed by atoms with E-state index in [2.05, 4.69) is 4.98 Å². The van der Waals surface area contributed by atoms with Crippen molar-refractivity contribution in [2.24, 2.45) is 0 Å². The van der Waals surface area contributed by atoms with Gasteiger partial charge in [0, 0.05) is 12.5 Å². The molecule has 0 spiro atoms. The standard InChI is InChI=1S/C19H17NO3/c1-2-22-19-8-7-18(13-20-19)23-17-6-5-15-11-14(9-10-21)3-4-16(15)12-17/h3-8,10-13H,2,9H2,1H3. The van der Waals surface area contributed by atoms with Crippen molar-refractivity contribution in [2.45, 2.75) is 13.3 Å². The molecule has 116 valence electrons. The Kier molecular flexibility index (Phi) is 4.52. The molecular formula is C19H17NO3. The molecule has 23 heavy (non-hydrogen) atoms. The van der Waals surface area contributed by atoms with Crippen molar-refractivity contribution in [1.82, 2.24) is 4.98 Å². The molecule has 0 unspecified atom stereocenters. The smallest absolute Gasteiger partial charge is 0.213 e. The number of fused-ring (bicyclic) bond motifs is 1. The first kappa shape index (κ1) is 15.0. The highest BCUT2D eigenvalue weighted by Crippen LogP contribution is 2.26. The molecule has 0 N–H and O–H groups in total. The molecule has 1 heterocycles. The van der Waals surface area contributed by atoms with Crippen LogP contribution in [0.5, 0.6) is 17.4 Å². The van der Waals surface area contributed by atoms with Crippen molar-refractivity contribution in [3.8, 4) is 17.4 Å². The van der Waals surface area contributed by atoms with Crippen LogP contribution in [0.25, 0.3) is 10.8 Å². The number of hydrogen-bond acceptors (Lipinski definition) is 4. The van der Waals surface area contributed by atoms with E-state index in [1.165, 1.54) is 0 Å². The second kappa shape index (κ2) is 6.92. The Morgan fingerprint density at radius 3 is 2.52 bits per heavy atom. The molecule has 0 radical (unpaired) electrons. The monoisotopic (exact) mass is 307 g/mol. The van der Waals surface area contributed by atoms with Gasteiger partial charge < -0.3 is 14.3 Å². The topological polar surface area (TPSA) is 48.4 Å². The summed E-state index contributed by atoms with van der Waals surface area (Å²) in [6, 6.07) is 15.4. The summed E-state index contributed by atoms with van der Waals surface area (Å²) in [4.78, 5) is 14.8. The maximum absolute atomic E-state index is 10.6. The number of carbonyl (C=O) groups is 1. The first-order valence-corrected chi connectivity index (χ1v) is 7.51. The van der Waals surface area contributed by atoms with Gasteiger partial charge in [-0.05, 0) is 41.5 Å². The number of rotatable bonds is 6. The Bertz CT molecular complexity index is 812. The number of aromatic nitrogens is 1. The van der Waals surface area contributed by atoms with Gasteiger partial charge in [-0.25, -0.2) is 4.98 Å². The fourth-order valence-corrected chi connectivity index (χ4v) is 2.36. The largest absolute Gasteiger partial charge is 0.478 e. The summed E-state index contributed by atoms with van der Waals surface area (Å²) in [7, 11) is 0. The number of hydrogen-bond donors (Lipinski definition) is 0. The van der Waals surface area contributed by atoms with Gasteiger partial charge in [0.05, 0.1) is 12.8 Å². The fraction of sp³-hybridized carbons (Fsp3) is 0.158. The third-order valence-electron chi connectivity index (χ3n) is 3.43. The molecule has 3 aromatic rings. The highest BCUT2D eigenvalue weighted by molar-refractivity contribution is 5.85. The van der Waals surface area contributed by atoms with Crippen molar-refractivity contribution < 1.29 is 14.3 Å². The Morgan fingerprint density at radius 2 is 1.78 bits per heavy atom. The van der Waals surface area contributed by atoms with Crippen LogP contribution in [0.4, 0.5) is 0 Å². The molecule has 0 atom stereocenters. The second-order valence-electron chi connectivity index (χ2n) is 5.08. The van der Waals surface area contributed by atoms with E-state index in [0.717, 1.165) is 28.4 Å². The Hall–Kier alpha value is -2.88. The lowest BCUT2D eigenvalue weighted by Gasteiger charge is -2.08. The van der Waals surface area contributed by atoms with Crippen molar-refractivity contribution in [2.75, 3.05) is 6.61 Å². The zero-order chi connectivity index (χ0) is 16.1. The molecule has 0 aliphatic rings. The molecule has 0 aliphatic carbocycles. The van der Waals surface area contributed by atoms with Crippen LogP contribution in [0.1, 0.15) is 12.5 Å². The van der Waals surface area contributed by atoms with Crippen LogP contribution in [-0.2, 0) is 11.2 Å². The summed E-state index contributed by atoms with van der Waals surface area (Å²) in [5.74, 6) is 1.98. The molecule has 4 nitrogen and oxygen atoms in total. The summed E-state index contributed by atoms with van der Waals surface area (Å²) >= 11 is 0. The molecule has 0 aliphatic heterocycles. The molecule has 4 heteroatoms. The molecule has 0 saturated heterocycles. The number of aldehydes is 1. The summed E-state index contributed by atoms with van der Waals surface area (Å²) in [5, 5.41) is 2.15. The van der Waals surface area contributed by atoms with Gasteiger partial charge in [-0.3, -0.25) is 0 Å². The van der Waals surface area contributed by atoms with Crippen molar-refractivity contribution in [3.63, 3.8) is 0 Å². The minimum Gasteiger partial charge on any atom is -0.478 e. The number of carbonyl (C=O) groups excluding carboxylic acids is 1. The molecule has 1 aromatic heterocycles. The fourth-order valence-electron chi connectivity index (χ4n) is 2.36. The Morgan fingerprint density at radius 1 is 1.00 bits per heavy atom. The maximum atomic E-state index is 10.6. The van der Waals surface area contributed by atoms with E-state index in [1.54, 1.807) is 12.3 Å². The van der Waals surface area contributed by atoms with Crippen LogP contribution in [0, 0.1) is 0 Å². The molecule has 0 amide bonds.